The van der Waals surface area contributed by atoms with Crippen LogP contribution in [0, 0.1) is 24.7 Å². The van der Waals surface area contributed by atoms with Gasteiger partial charge in [0.1, 0.15) is 23.7 Å². The summed E-state index contributed by atoms with van der Waals surface area (Å²) in [4.78, 5) is 60.4. The highest BCUT2D eigenvalue weighted by molar-refractivity contribution is 6.34. The fourth-order valence-corrected chi connectivity index (χ4v) is 8.28. The fraction of sp³-hybridized carbons (Fsp3) is 0.474. The second kappa shape index (κ2) is 14.1. The molecule has 0 saturated carbocycles. The highest BCUT2D eigenvalue weighted by Crippen LogP contribution is 2.57. The van der Waals surface area contributed by atoms with E-state index in [0.29, 0.717) is 29.1 Å². The number of anilines is 1. The Balaban J connectivity index is 1.51. The number of allylic oxidation sites excluding steroid dienone is 1. The standard InChI is InChI=1S/C38H44ClN3O7/c1-5-22(2)27(21-43)42-34-36(46)41(32-23(3)13-12-16-26(32)39)20-11-7-10-17-29(44)40-24(4)33(25-14-8-6-9-15-25)48-37(47)30-28-18-19-38(34,49-28)31(30)35(42)45/h6-9,11-16,18-19,22,24,27-28,30-31,33-34,43H,5,10,17,20-21H2,1-4H3,(H,40,44)/b11-7-/t22-,24-,27-,28+,30-,31-,33+,34+,38-/m0/s1. The lowest BCUT2D eigenvalue weighted by Crippen LogP contribution is -2.59. The predicted molar refractivity (Wildman–Crippen MR) is 184 cm³/mol. The number of likely N-dealkylation sites (tertiary alicyclic amines) is 1. The van der Waals surface area contributed by atoms with Crippen LogP contribution in [-0.2, 0) is 28.7 Å². The van der Waals surface area contributed by atoms with E-state index < -0.39 is 65.6 Å². The van der Waals surface area contributed by atoms with Gasteiger partial charge in [0.15, 0.2) is 0 Å². The van der Waals surface area contributed by atoms with Gasteiger partial charge in [0.05, 0.1) is 41.4 Å². The number of esters is 1. The summed E-state index contributed by atoms with van der Waals surface area (Å²) in [6, 6.07) is 12.0. The Morgan fingerprint density at radius 1 is 1.06 bits per heavy atom. The maximum absolute atomic E-state index is 15.2. The molecule has 0 radical (unpaired) electrons. The zero-order valence-electron chi connectivity index (χ0n) is 28.3. The molecule has 0 unspecified atom stereocenters. The molecule has 49 heavy (non-hydrogen) atoms. The first-order valence-corrected chi connectivity index (χ1v) is 17.5. The van der Waals surface area contributed by atoms with Gasteiger partial charge in [0.25, 0.3) is 5.91 Å². The molecule has 9 atom stereocenters. The third kappa shape index (κ3) is 6.08. The largest absolute Gasteiger partial charge is 0.455 e. The molecule has 4 heterocycles. The van der Waals surface area contributed by atoms with Crippen molar-refractivity contribution in [2.75, 3.05) is 18.1 Å². The zero-order chi connectivity index (χ0) is 35.0. The third-order valence-electron chi connectivity index (χ3n) is 10.6. The number of fused-ring (bicyclic) bond motifs is 2. The number of carbonyl (C=O) groups is 4. The van der Waals surface area contributed by atoms with Crippen molar-refractivity contribution in [1.82, 2.24) is 10.2 Å². The Morgan fingerprint density at radius 2 is 1.82 bits per heavy atom. The second-order valence-corrected chi connectivity index (χ2v) is 14.0. The Morgan fingerprint density at radius 3 is 2.51 bits per heavy atom. The topological polar surface area (TPSA) is 125 Å². The monoisotopic (exact) mass is 689 g/mol. The first-order chi connectivity index (χ1) is 23.5. The number of carbonyl (C=O) groups excluding carboxylic acids is 4. The van der Waals surface area contributed by atoms with Gasteiger partial charge in [0, 0.05) is 13.0 Å². The van der Waals surface area contributed by atoms with Crippen LogP contribution in [0.2, 0.25) is 5.02 Å². The van der Waals surface area contributed by atoms with E-state index in [1.807, 2.05) is 69.3 Å². The smallest absolute Gasteiger partial charge is 0.313 e. The van der Waals surface area contributed by atoms with Crippen LogP contribution in [0.15, 0.2) is 72.8 Å². The molecule has 10 nitrogen and oxygen atoms in total. The summed E-state index contributed by atoms with van der Waals surface area (Å²) in [6.45, 7) is 7.25. The number of aryl methyl sites for hydroxylation is 1. The van der Waals surface area contributed by atoms with Crippen LogP contribution >= 0.6 is 11.6 Å². The first-order valence-electron chi connectivity index (χ1n) is 17.1. The molecule has 2 fully saturated rings. The van der Waals surface area contributed by atoms with Crippen molar-refractivity contribution in [3.8, 4) is 0 Å². The van der Waals surface area contributed by atoms with Crippen LogP contribution in [0.5, 0.6) is 0 Å². The van der Waals surface area contributed by atoms with E-state index in [-0.39, 0.29) is 31.4 Å². The number of rotatable bonds is 6. The Labute approximate surface area is 292 Å². The number of benzene rings is 2. The van der Waals surface area contributed by atoms with Gasteiger partial charge < -0.3 is 29.7 Å². The van der Waals surface area contributed by atoms with Gasteiger partial charge in [-0.05, 0) is 43.4 Å². The van der Waals surface area contributed by atoms with Crippen molar-refractivity contribution in [2.24, 2.45) is 17.8 Å². The molecular formula is C38H44ClN3O7. The summed E-state index contributed by atoms with van der Waals surface area (Å²) in [5.74, 6) is -4.09. The number of aliphatic hydroxyl groups is 1. The SMILES string of the molecule is CC[C@H](C)[C@H](CO)N1C(=O)[C@@H]2[C@H]3C(=O)O[C@@H](c4ccccc4)[C@H](C)NC(=O)CC/C=C\CN(c4c(C)cccc4Cl)C(=O)[C@@H]1[C@]21C=C[C@H]3O1. The maximum atomic E-state index is 15.2. The zero-order valence-corrected chi connectivity index (χ0v) is 29.0. The number of halogens is 1. The quantitative estimate of drug-likeness (QED) is 0.334. The molecule has 6 rings (SSSR count). The molecule has 260 valence electrons. The van der Waals surface area contributed by atoms with Crippen LogP contribution in [0.25, 0.3) is 0 Å². The van der Waals surface area contributed by atoms with E-state index >= 15 is 4.79 Å². The molecular weight excluding hydrogens is 646 g/mol. The molecule has 3 amide bonds. The summed E-state index contributed by atoms with van der Waals surface area (Å²) < 4.78 is 12.8. The average Bonchev–Trinajstić information content (AvgIpc) is 3.73. The molecule has 0 aliphatic carbocycles. The first kappa shape index (κ1) is 34.9. The Kier molecular flexibility index (Phi) is 10.0. The summed E-state index contributed by atoms with van der Waals surface area (Å²) in [7, 11) is 0. The highest BCUT2D eigenvalue weighted by atomic mass is 35.5. The minimum Gasteiger partial charge on any atom is -0.455 e. The highest BCUT2D eigenvalue weighted by Gasteiger charge is 2.74. The van der Waals surface area contributed by atoms with Crippen LogP contribution in [0.1, 0.15) is 57.3 Å². The molecule has 5 bridgehead atoms. The number of aliphatic hydroxyl groups excluding tert-OH is 1. The van der Waals surface area contributed by atoms with Crippen molar-refractivity contribution in [3.63, 3.8) is 0 Å². The lowest BCUT2D eigenvalue weighted by molar-refractivity contribution is -0.161. The van der Waals surface area contributed by atoms with Crippen molar-refractivity contribution >= 4 is 41.0 Å². The lowest BCUT2D eigenvalue weighted by Gasteiger charge is -2.40. The van der Waals surface area contributed by atoms with Gasteiger partial charge in [-0.25, -0.2) is 0 Å². The summed E-state index contributed by atoms with van der Waals surface area (Å²) in [5.41, 5.74) is 0.430. The van der Waals surface area contributed by atoms with E-state index in [4.69, 9.17) is 21.1 Å². The van der Waals surface area contributed by atoms with E-state index in [1.54, 1.807) is 36.1 Å². The average molecular weight is 690 g/mol. The number of nitrogens with one attached hydrogen (secondary N) is 1. The molecule has 1 spiro atoms. The minimum absolute atomic E-state index is 0.0997. The van der Waals surface area contributed by atoms with Gasteiger partial charge >= 0.3 is 5.97 Å². The van der Waals surface area contributed by atoms with Crippen LogP contribution in [0.4, 0.5) is 5.69 Å². The van der Waals surface area contributed by atoms with Gasteiger partial charge in [0.2, 0.25) is 11.8 Å². The normalized spacial score (nSPS) is 32.1. The third-order valence-corrected chi connectivity index (χ3v) is 10.9. The van der Waals surface area contributed by atoms with Crippen LogP contribution in [-0.4, -0.2) is 76.7 Å². The van der Waals surface area contributed by atoms with Gasteiger partial charge in [-0.15, -0.1) is 0 Å². The summed E-state index contributed by atoms with van der Waals surface area (Å²) in [6.07, 6.45) is 6.68. The molecule has 2 N–H and O–H groups in total. The molecule has 2 saturated heterocycles. The van der Waals surface area contributed by atoms with Crippen molar-refractivity contribution in [3.05, 3.63) is 89.0 Å². The van der Waals surface area contributed by atoms with Gasteiger partial charge in [-0.3, -0.25) is 19.2 Å². The van der Waals surface area contributed by atoms with E-state index in [1.165, 1.54) is 4.90 Å². The van der Waals surface area contributed by atoms with E-state index in [0.717, 1.165) is 5.56 Å². The molecule has 4 aliphatic heterocycles. The Hall–Kier alpha value is -3.99. The van der Waals surface area contributed by atoms with Crippen molar-refractivity contribution < 1.29 is 33.8 Å². The predicted octanol–water partition coefficient (Wildman–Crippen LogP) is 4.68. The molecule has 2 aromatic carbocycles. The van der Waals surface area contributed by atoms with Crippen LogP contribution < -0.4 is 10.2 Å². The van der Waals surface area contributed by atoms with Crippen LogP contribution in [0.3, 0.4) is 0 Å². The number of hydrogen-bond donors (Lipinski definition) is 2. The van der Waals surface area contributed by atoms with Gasteiger partial charge in [-0.2, -0.15) is 0 Å². The maximum Gasteiger partial charge on any atom is 0.313 e. The number of para-hydroxylation sites is 1. The summed E-state index contributed by atoms with van der Waals surface area (Å²) >= 11 is 6.76. The second-order valence-electron chi connectivity index (χ2n) is 13.6. The lowest BCUT2D eigenvalue weighted by atomic mass is 9.74. The number of cyclic esters (lactones) is 1. The van der Waals surface area contributed by atoms with Crippen molar-refractivity contribution in [2.45, 2.75) is 82.9 Å². The molecule has 4 aliphatic rings. The number of nitrogens with zero attached hydrogens (tertiary/aromatic N) is 2. The number of amides is 3. The fourth-order valence-electron chi connectivity index (χ4n) is 7.95. The number of hydrogen-bond acceptors (Lipinski definition) is 7. The Bertz CT molecular complexity index is 1640. The van der Waals surface area contributed by atoms with E-state index in [2.05, 4.69) is 5.32 Å². The van der Waals surface area contributed by atoms with E-state index in [9.17, 15) is 19.5 Å². The minimum atomic E-state index is -1.49. The molecule has 0 aromatic heterocycles. The molecule has 2 aromatic rings. The summed E-state index contributed by atoms with van der Waals surface area (Å²) in [5, 5.41) is 14.1. The van der Waals surface area contributed by atoms with Crippen molar-refractivity contribution in [1.29, 1.82) is 0 Å². The van der Waals surface area contributed by atoms with Gasteiger partial charge in [-0.1, -0.05) is 98.6 Å². The molecule has 11 heteroatoms. The number of ether oxygens (including phenoxy) is 2.